The summed E-state index contributed by atoms with van der Waals surface area (Å²) in [4.78, 5) is 43.3. The number of ether oxygens (including phenoxy) is 1. The lowest BCUT2D eigenvalue weighted by molar-refractivity contribution is -0.275. The van der Waals surface area contributed by atoms with Crippen LogP contribution in [0.1, 0.15) is 97.1 Å². The van der Waals surface area contributed by atoms with Gasteiger partial charge in [0.25, 0.3) is 5.91 Å². The smallest absolute Gasteiger partial charge is 0.337 e. The van der Waals surface area contributed by atoms with Crippen LogP contribution in [0.3, 0.4) is 0 Å². The molecule has 6 rings (SSSR count). The summed E-state index contributed by atoms with van der Waals surface area (Å²) < 4.78 is 5.63. The van der Waals surface area contributed by atoms with E-state index < -0.39 is 11.5 Å². The van der Waals surface area contributed by atoms with E-state index in [-0.39, 0.29) is 23.0 Å². The van der Waals surface area contributed by atoms with Crippen LogP contribution < -0.4 is 10.2 Å². The number of amides is 1. The van der Waals surface area contributed by atoms with Crippen LogP contribution in [0.5, 0.6) is 0 Å². The molecule has 40 heavy (non-hydrogen) atoms. The number of aromatic nitrogens is 3. The predicted octanol–water partition coefficient (Wildman–Crippen LogP) is 4.42. The van der Waals surface area contributed by atoms with Gasteiger partial charge in [-0.05, 0) is 76.3 Å². The van der Waals surface area contributed by atoms with Gasteiger partial charge in [-0.1, -0.05) is 13.8 Å². The van der Waals surface area contributed by atoms with Crippen molar-refractivity contribution in [2.45, 2.75) is 84.3 Å². The minimum Gasteiger partial charge on any atom is -0.478 e. The molecule has 0 radical (unpaired) electrons. The first-order valence-corrected chi connectivity index (χ1v) is 14.2. The van der Waals surface area contributed by atoms with Gasteiger partial charge in [0.15, 0.2) is 0 Å². The second-order valence-electron chi connectivity index (χ2n) is 13.0. The van der Waals surface area contributed by atoms with Crippen LogP contribution in [-0.2, 0) is 4.74 Å². The molecular formula is C30H42N6O4. The Morgan fingerprint density at radius 3 is 2.42 bits per heavy atom. The molecule has 0 aromatic carbocycles. The summed E-state index contributed by atoms with van der Waals surface area (Å²) in [5.74, 6) is 0.498. The van der Waals surface area contributed by atoms with E-state index >= 15 is 0 Å². The normalized spacial score (nSPS) is 24.9. The van der Waals surface area contributed by atoms with E-state index in [1.54, 1.807) is 20.0 Å². The van der Waals surface area contributed by atoms with Gasteiger partial charge in [0.05, 0.1) is 34.3 Å². The Hall–Kier alpha value is -3.27. The molecule has 0 spiro atoms. The van der Waals surface area contributed by atoms with E-state index in [4.69, 9.17) is 9.72 Å². The van der Waals surface area contributed by atoms with Crippen molar-refractivity contribution in [2.24, 2.45) is 5.41 Å². The van der Waals surface area contributed by atoms with Crippen molar-refractivity contribution in [3.8, 4) is 0 Å². The van der Waals surface area contributed by atoms with Gasteiger partial charge < -0.3 is 25.0 Å². The maximum absolute atomic E-state index is 13.7. The molecule has 3 heterocycles. The molecule has 216 valence electrons. The highest BCUT2D eigenvalue weighted by Gasteiger charge is 2.67. The number of hydrogen-bond donors (Lipinski definition) is 2. The largest absolute Gasteiger partial charge is 0.478 e. The molecule has 3 saturated carbocycles. The summed E-state index contributed by atoms with van der Waals surface area (Å²) in [5, 5.41) is 13.0. The number of anilines is 2. The molecule has 10 nitrogen and oxygen atoms in total. The van der Waals surface area contributed by atoms with Crippen LogP contribution in [0.15, 0.2) is 12.3 Å². The van der Waals surface area contributed by atoms with Crippen LogP contribution in [-0.4, -0.2) is 81.3 Å². The van der Waals surface area contributed by atoms with Gasteiger partial charge in [-0.25, -0.2) is 19.7 Å². The topological polar surface area (TPSA) is 121 Å². The van der Waals surface area contributed by atoms with E-state index in [0.717, 1.165) is 49.6 Å². The minimum absolute atomic E-state index is 0.116. The lowest BCUT2D eigenvalue weighted by Crippen LogP contribution is -2.68. The van der Waals surface area contributed by atoms with Crippen LogP contribution in [0.25, 0.3) is 0 Å². The zero-order valence-electron chi connectivity index (χ0n) is 24.8. The standard InChI is InChI=1S/C30H42N6O4/c1-18(2)24-25(31-9-8-29-14-30(15-29,16-29)40-7)32-13-21(34-24)26(37)36-11-10-35(17-28(36,5)6)22-12-19(3)23(27(38)39)20(4)33-22/h12-13,18H,8-11,14-17H2,1-7H3,(H,31,32)(H,38,39). The van der Waals surface area contributed by atoms with Crippen molar-refractivity contribution in [2.75, 3.05) is 43.5 Å². The quantitative estimate of drug-likeness (QED) is 0.467. The Bertz CT molecular complexity index is 1300. The van der Waals surface area contributed by atoms with E-state index in [2.05, 4.69) is 34.0 Å². The number of carbonyl (C=O) groups is 2. The van der Waals surface area contributed by atoms with Gasteiger partial charge in [0.2, 0.25) is 0 Å². The third-order valence-corrected chi connectivity index (χ3v) is 9.11. The number of aromatic carboxylic acids is 1. The summed E-state index contributed by atoms with van der Waals surface area (Å²) in [6, 6.07) is 1.82. The number of rotatable bonds is 9. The van der Waals surface area contributed by atoms with Crippen LogP contribution in [0, 0.1) is 19.3 Å². The van der Waals surface area contributed by atoms with Crippen molar-refractivity contribution in [1.82, 2.24) is 19.9 Å². The summed E-state index contributed by atoms with van der Waals surface area (Å²) in [6.45, 7) is 14.2. The highest BCUT2D eigenvalue weighted by atomic mass is 16.5. The first-order valence-electron chi connectivity index (χ1n) is 14.2. The first kappa shape index (κ1) is 28.3. The number of carboxylic acid groups (broad SMARTS) is 1. The molecule has 0 atom stereocenters. The molecule has 4 fully saturated rings. The number of pyridine rings is 1. The highest BCUT2D eigenvalue weighted by molar-refractivity contribution is 5.93. The number of aryl methyl sites for hydroxylation is 2. The van der Waals surface area contributed by atoms with Gasteiger partial charge in [-0.3, -0.25) is 4.79 Å². The number of nitrogens with zero attached hydrogens (tertiary/aromatic N) is 5. The van der Waals surface area contributed by atoms with Gasteiger partial charge in [0.1, 0.15) is 17.3 Å². The second kappa shape index (κ2) is 9.98. The van der Waals surface area contributed by atoms with Crippen molar-refractivity contribution in [1.29, 1.82) is 0 Å². The lowest BCUT2D eigenvalue weighted by Gasteiger charge is -2.70. The number of hydrogen-bond acceptors (Lipinski definition) is 8. The Morgan fingerprint density at radius 2 is 1.85 bits per heavy atom. The maximum Gasteiger partial charge on any atom is 0.337 e. The number of carbonyl (C=O) groups excluding carboxylic acids is 1. The Morgan fingerprint density at radius 1 is 1.15 bits per heavy atom. The maximum atomic E-state index is 13.7. The Balaban J connectivity index is 1.26. The number of nitrogens with one attached hydrogen (secondary N) is 1. The number of piperazine rings is 1. The molecule has 1 saturated heterocycles. The summed E-state index contributed by atoms with van der Waals surface area (Å²) >= 11 is 0. The third kappa shape index (κ3) is 4.91. The number of carboxylic acids is 1. The molecule has 0 unspecified atom stereocenters. The molecular weight excluding hydrogens is 508 g/mol. The molecule has 2 bridgehead atoms. The van der Waals surface area contributed by atoms with Crippen molar-refractivity contribution in [3.63, 3.8) is 0 Å². The van der Waals surface area contributed by atoms with Gasteiger partial charge in [-0.2, -0.15) is 0 Å². The molecule has 1 amide bonds. The molecule has 10 heteroatoms. The van der Waals surface area contributed by atoms with E-state index in [1.807, 2.05) is 31.9 Å². The minimum atomic E-state index is -0.970. The highest BCUT2D eigenvalue weighted by Crippen LogP contribution is 2.70. The summed E-state index contributed by atoms with van der Waals surface area (Å²) in [5.41, 5.74) is 2.66. The van der Waals surface area contributed by atoms with Crippen molar-refractivity contribution < 1.29 is 19.4 Å². The molecule has 1 aliphatic heterocycles. The molecule has 4 aliphatic rings. The zero-order chi connectivity index (χ0) is 29.0. The first-order chi connectivity index (χ1) is 18.8. The average molecular weight is 551 g/mol. The van der Waals surface area contributed by atoms with Crippen LogP contribution in [0.2, 0.25) is 0 Å². The van der Waals surface area contributed by atoms with E-state index in [9.17, 15) is 14.7 Å². The van der Waals surface area contributed by atoms with Crippen molar-refractivity contribution >= 4 is 23.5 Å². The summed E-state index contributed by atoms with van der Waals surface area (Å²) in [6.07, 6.45) is 6.14. The van der Waals surface area contributed by atoms with Crippen LogP contribution in [0.4, 0.5) is 11.6 Å². The van der Waals surface area contributed by atoms with E-state index in [1.165, 1.54) is 0 Å². The zero-order valence-corrected chi connectivity index (χ0v) is 24.8. The molecule has 2 N–H and O–H groups in total. The summed E-state index contributed by atoms with van der Waals surface area (Å²) in [7, 11) is 1.82. The van der Waals surface area contributed by atoms with Gasteiger partial charge in [-0.15, -0.1) is 0 Å². The number of methoxy groups -OCH3 is 1. The Kier molecular flexibility index (Phi) is 7.05. The van der Waals surface area contributed by atoms with E-state index in [0.29, 0.717) is 42.0 Å². The molecule has 3 aliphatic carbocycles. The SMILES string of the molecule is COC12CC(CCNc3ncc(C(=O)N4CCN(c5cc(C)c(C(=O)O)c(C)n5)CC4(C)C)nc3C(C)C)(C1)C2. The molecule has 2 aromatic heterocycles. The predicted molar refractivity (Wildman–Crippen MR) is 153 cm³/mol. The van der Waals surface area contributed by atoms with Gasteiger partial charge >= 0.3 is 5.97 Å². The fourth-order valence-corrected chi connectivity index (χ4v) is 7.03. The van der Waals surface area contributed by atoms with Gasteiger partial charge in [0, 0.05) is 33.3 Å². The van der Waals surface area contributed by atoms with Crippen LogP contribution >= 0.6 is 0 Å². The second-order valence-corrected chi connectivity index (χ2v) is 13.0. The molecule has 2 aromatic rings. The monoisotopic (exact) mass is 550 g/mol. The fourth-order valence-electron chi connectivity index (χ4n) is 7.03. The lowest BCUT2D eigenvalue weighted by atomic mass is 9.40. The fraction of sp³-hybridized carbons (Fsp3) is 0.633. The van der Waals surface area contributed by atoms with Crippen molar-refractivity contribution in [3.05, 3.63) is 40.5 Å². The Labute approximate surface area is 236 Å². The average Bonchev–Trinajstić information content (AvgIpc) is 2.83. The third-order valence-electron chi connectivity index (χ3n) is 9.11.